The van der Waals surface area contributed by atoms with E-state index in [1.165, 1.54) is 15.2 Å². The first kappa shape index (κ1) is 16.0. The van der Waals surface area contributed by atoms with Gasteiger partial charge < -0.3 is 9.64 Å². The van der Waals surface area contributed by atoms with Gasteiger partial charge in [0.25, 0.3) is 0 Å². The number of fused-ring (bicyclic) bond motifs is 3. The molecule has 0 unspecified atom stereocenters. The van der Waals surface area contributed by atoms with E-state index in [4.69, 9.17) is 4.74 Å². The second-order valence-corrected chi connectivity index (χ2v) is 7.88. The SMILES string of the molecule is O=C(Cn1nc2ccccc2n1)N1CCC2(CC1)OCCc1ccsc12. The highest BCUT2D eigenvalue weighted by atomic mass is 32.1. The Morgan fingerprint density at radius 1 is 1.15 bits per heavy atom. The third-order valence-corrected chi connectivity index (χ3v) is 6.58. The minimum absolute atomic E-state index is 0.0716. The van der Waals surface area contributed by atoms with Gasteiger partial charge in [-0.15, -0.1) is 11.3 Å². The number of carbonyl (C=O) groups is 1. The summed E-state index contributed by atoms with van der Waals surface area (Å²) in [6.45, 7) is 2.40. The summed E-state index contributed by atoms with van der Waals surface area (Å²) in [5.41, 5.74) is 2.88. The van der Waals surface area contributed by atoms with Gasteiger partial charge in [-0.2, -0.15) is 15.0 Å². The average molecular weight is 368 g/mol. The van der Waals surface area contributed by atoms with Crippen LogP contribution in [0.1, 0.15) is 23.3 Å². The quantitative estimate of drug-likeness (QED) is 0.698. The van der Waals surface area contributed by atoms with Crippen LogP contribution in [0.5, 0.6) is 0 Å². The van der Waals surface area contributed by atoms with E-state index < -0.39 is 0 Å². The summed E-state index contributed by atoms with van der Waals surface area (Å²) in [6.07, 6.45) is 2.73. The summed E-state index contributed by atoms with van der Waals surface area (Å²) in [5.74, 6) is 0.0716. The van der Waals surface area contributed by atoms with Crippen LogP contribution in [-0.2, 0) is 28.1 Å². The van der Waals surface area contributed by atoms with Crippen LogP contribution in [0.2, 0.25) is 0 Å². The zero-order chi connectivity index (χ0) is 17.6. The van der Waals surface area contributed by atoms with Gasteiger partial charge in [0.2, 0.25) is 5.91 Å². The van der Waals surface area contributed by atoms with Crippen molar-refractivity contribution >= 4 is 28.3 Å². The van der Waals surface area contributed by atoms with Gasteiger partial charge in [-0.25, -0.2) is 0 Å². The van der Waals surface area contributed by atoms with Crippen LogP contribution < -0.4 is 0 Å². The van der Waals surface area contributed by atoms with E-state index in [1.807, 2.05) is 29.2 Å². The molecule has 0 N–H and O–H groups in total. The van der Waals surface area contributed by atoms with Crippen molar-refractivity contribution in [3.63, 3.8) is 0 Å². The van der Waals surface area contributed by atoms with Crippen LogP contribution in [0.15, 0.2) is 35.7 Å². The number of thiophene rings is 1. The van der Waals surface area contributed by atoms with Gasteiger partial charge in [0.05, 0.1) is 6.61 Å². The van der Waals surface area contributed by atoms with Crippen molar-refractivity contribution in [1.82, 2.24) is 19.9 Å². The van der Waals surface area contributed by atoms with Crippen molar-refractivity contribution in [2.24, 2.45) is 0 Å². The molecule has 1 saturated heterocycles. The van der Waals surface area contributed by atoms with E-state index in [1.54, 1.807) is 11.3 Å². The third kappa shape index (κ3) is 2.62. The Morgan fingerprint density at radius 2 is 1.88 bits per heavy atom. The monoisotopic (exact) mass is 368 g/mol. The molecule has 2 aromatic heterocycles. The van der Waals surface area contributed by atoms with E-state index in [2.05, 4.69) is 21.6 Å². The molecule has 1 amide bonds. The first-order chi connectivity index (χ1) is 12.7. The van der Waals surface area contributed by atoms with E-state index >= 15 is 0 Å². The molecule has 6 nitrogen and oxygen atoms in total. The van der Waals surface area contributed by atoms with Gasteiger partial charge in [-0.3, -0.25) is 4.79 Å². The standard InChI is InChI=1S/C19H20N4O2S/c24-17(13-23-20-15-3-1-2-4-16(15)21-23)22-9-7-19(8-10-22)18-14(5-11-25-19)6-12-26-18/h1-4,6,12H,5,7-11,13H2. The molecule has 5 rings (SSSR count). The van der Waals surface area contributed by atoms with E-state index in [-0.39, 0.29) is 18.1 Å². The lowest BCUT2D eigenvalue weighted by atomic mass is 9.85. The van der Waals surface area contributed by atoms with Gasteiger partial charge in [-0.1, -0.05) is 12.1 Å². The minimum Gasteiger partial charge on any atom is -0.369 e. The molecule has 0 atom stereocenters. The number of likely N-dealkylation sites (tertiary alicyclic amines) is 1. The highest BCUT2D eigenvalue weighted by molar-refractivity contribution is 7.10. The lowest BCUT2D eigenvalue weighted by Crippen LogP contribution is -2.48. The van der Waals surface area contributed by atoms with Crippen LogP contribution in [0.4, 0.5) is 0 Å². The molecule has 7 heteroatoms. The Balaban J connectivity index is 1.28. The second-order valence-electron chi connectivity index (χ2n) is 6.97. The maximum Gasteiger partial charge on any atom is 0.246 e. The molecule has 134 valence electrons. The second kappa shape index (κ2) is 6.17. The molecule has 0 aliphatic carbocycles. The van der Waals surface area contributed by atoms with Gasteiger partial charge >= 0.3 is 0 Å². The summed E-state index contributed by atoms with van der Waals surface area (Å²) in [6, 6.07) is 9.89. The number of amides is 1. The Morgan fingerprint density at radius 3 is 2.62 bits per heavy atom. The highest BCUT2D eigenvalue weighted by Gasteiger charge is 2.42. The number of nitrogens with zero attached hydrogens (tertiary/aromatic N) is 4. The topological polar surface area (TPSA) is 60.2 Å². The number of aromatic nitrogens is 3. The number of benzene rings is 1. The van der Waals surface area contributed by atoms with Gasteiger partial charge in [-0.05, 0) is 48.4 Å². The lowest BCUT2D eigenvalue weighted by Gasteiger charge is -2.43. The molecule has 4 heterocycles. The Labute approximate surface area is 155 Å². The van der Waals surface area contributed by atoms with Crippen LogP contribution in [-0.4, -0.2) is 45.5 Å². The van der Waals surface area contributed by atoms with E-state index in [9.17, 15) is 4.79 Å². The molecule has 0 bridgehead atoms. The van der Waals surface area contributed by atoms with Crippen molar-refractivity contribution in [2.75, 3.05) is 19.7 Å². The lowest BCUT2D eigenvalue weighted by molar-refractivity contribution is -0.141. The molecule has 2 aliphatic rings. The number of rotatable bonds is 2. The molecule has 0 saturated carbocycles. The van der Waals surface area contributed by atoms with Crippen molar-refractivity contribution in [2.45, 2.75) is 31.4 Å². The Hall–Kier alpha value is -2.25. The zero-order valence-electron chi connectivity index (χ0n) is 14.4. The van der Waals surface area contributed by atoms with Crippen molar-refractivity contribution in [3.05, 3.63) is 46.2 Å². The molecule has 1 spiro atoms. The first-order valence-corrected chi connectivity index (χ1v) is 9.90. The molecular weight excluding hydrogens is 348 g/mol. The van der Waals surface area contributed by atoms with Crippen molar-refractivity contribution in [3.8, 4) is 0 Å². The van der Waals surface area contributed by atoms with Crippen LogP contribution in [0.25, 0.3) is 11.0 Å². The number of piperidine rings is 1. The molecule has 26 heavy (non-hydrogen) atoms. The summed E-state index contributed by atoms with van der Waals surface area (Å²) in [7, 11) is 0. The number of ether oxygens (including phenoxy) is 1. The molecule has 2 aliphatic heterocycles. The molecule has 1 aromatic carbocycles. The third-order valence-electron chi connectivity index (χ3n) is 5.44. The minimum atomic E-state index is -0.183. The maximum atomic E-state index is 12.7. The van der Waals surface area contributed by atoms with Crippen molar-refractivity contribution < 1.29 is 9.53 Å². The summed E-state index contributed by atoms with van der Waals surface area (Å²) >= 11 is 1.79. The highest BCUT2D eigenvalue weighted by Crippen LogP contribution is 2.44. The normalized spacial score (nSPS) is 19.0. The largest absolute Gasteiger partial charge is 0.369 e. The molecule has 3 aromatic rings. The number of hydrogen-bond donors (Lipinski definition) is 0. The van der Waals surface area contributed by atoms with Gasteiger partial charge in [0.15, 0.2) is 0 Å². The fourth-order valence-electron chi connectivity index (χ4n) is 4.04. The molecular formula is C19H20N4O2S. The smallest absolute Gasteiger partial charge is 0.246 e. The van der Waals surface area contributed by atoms with Crippen LogP contribution in [0.3, 0.4) is 0 Å². The predicted molar refractivity (Wildman–Crippen MR) is 99.0 cm³/mol. The average Bonchev–Trinajstić information content (AvgIpc) is 3.29. The first-order valence-electron chi connectivity index (χ1n) is 9.02. The summed E-state index contributed by atoms with van der Waals surface area (Å²) < 4.78 is 6.22. The van der Waals surface area contributed by atoms with Crippen LogP contribution in [0, 0.1) is 0 Å². The zero-order valence-corrected chi connectivity index (χ0v) is 15.2. The molecule has 0 radical (unpaired) electrons. The summed E-state index contributed by atoms with van der Waals surface area (Å²) in [5, 5.41) is 10.9. The number of carbonyl (C=O) groups excluding carboxylic acids is 1. The maximum absolute atomic E-state index is 12.7. The molecule has 1 fully saturated rings. The van der Waals surface area contributed by atoms with E-state index in [0.29, 0.717) is 0 Å². The van der Waals surface area contributed by atoms with E-state index in [0.717, 1.165) is 50.0 Å². The van der Waals surface area contributed by atoms with Crippen LogP contribution >= 0.6 is 11.3 Å². The fourth-order valence-corrected chi connectivity index (χ4v) is 5.21. The fraction of sp³-hybridized carbons (Fsp3) is 0.421. The predicted octanol–water partition coefficient (Wildman–Crippen LogP) is 2.58. The van der Waals surface area contributed by atoms with Gasteiger partial charge in [0.1, 0.15) is 23.2 Å². The van der Waals surface area contributed by atoms with Crippen molar-refractivity contribution in [1.29, 1.82) is 0 Å². The Bertz CT molecular complexity index is 922. The Kier molecular flexibility index (Phi) is 3.79. The van der Waals surface area contributed by atoms with Gasteiger partial charge in [0, 0.05) is 18.0 Å². The summed E-state index contributed by atoms with van der Waals surface area (Å²) in [4.78, 5) is 17.5. The number of hydrogen-bond acceptors (Lipinski definition) is 5.